The average Bonchev–Trinajstić information content (AvgIpc) is 3.71. The van der Waals surface area contributed by atoms with Gasteiger partial charge in [0.15, 0.2) is 0 Å². The van der Waals surface area contributed by atoms with Crippen molar-refractivity contribution in [1.82, 2.24) is 4.90 Å². The molecule has 39 heavy (non-hydrogen) atoms. The third-order valence-corrected chi connectivity index (χ3v) is 7.68. The highest BCUT2D eigenvalue weighted by atomic mass is 16.5. The van der Waals surface area contributed by atoms with Gasteiger partial charge in [-0.2, -0.15) is 0 Å². The molecule has 1 aliphatic carbocycles. The van der Waals surface area contributed by atoms with Crippen LogP contribution in [-0.4, -0.2) is 41.8 Å². The molecule has 4 aromatic rings. The SMILES string of the molecule is BC1(N(Cc2ccccc2OCCCCCC(=O)O)C(=O)c2ccc(-c3ccc4ccccc4c3)cc2)CC1. The average molecular weight is 519 g/mol. The molecule has 0 saturated heterocycles. The van der Waals surface area contributed by atoms with E-state index in [-0.39, 0.29) is 17.8 Å². The zero-order chi connectivity index (χ0) is 27.2. The van der Waals surface area contributed by atoms with E-state index in [1.54, 1.807) is 0 Å². The normalized spacial score (nSPS) is 13.6. The number of hydrogen-bond donors (Lipinski definition) is 1. The van der Waals surface area contributed by atoms with Crippen LogP contribution in [0.5, 0.6) is 5.75 Å². The van der Waals surface area contributed by atoms with E-state index in [0.717, 1.165) is 48.1 Å². The monoisotopic (exact) mass is 519 g/mol. The zero-order valence-electron chi connectivity index (χ0n) is 22.4. The maximum atomic E-state index is 13.8. The molecule has 1 aliphatic rings. The van der Waals surface area contributed by atoms with E-state index in [9.17, 15) is 9.59 Å². The van der Waals surface area contributed by atoms with Crippen LogP contribution in [0.4, 0.5) is 0 Å². The molecule has 6 heteroatoms. The van der Waals surface area contributed by atoms with Crippen LogP contribution < -0.4 is 4.74 Å². The molecule has 0 aromatic heterocycles. The van der Waals surface area contributed by atoms with Crippen LogP contribution in [0.2, 0.25) is 0 Å². The van der Waals surface area contributed by atoms with Crippen molar-refractivity contribution in [3.8, 4) is 16.9 Å². The first-order valence-electron chi connectivity index (χ1n) is 13.8. The van der Waals surface area contributed by atoms with E-state index >= 15 is 0 Å². The quantitative estimate of drug-likeness (QED) is 0.176. The number of hydrogen-bond acceptors (Lipinski definition) is 3. The van der Waals surface area contributed by atoms with Gasteiger partial charge in [0, 0.05) is 29.5 Å². The van der Waals surface area contributed by atoms with Gasteiger partial charge in [0.2, 0.25) is 0 Å². The Balaban J connectivity index is 1.28. The van der Waals surface area contributed by atoms with Gasteiger partial charge in [0.05, 0.1) is 6.61 Å². The fraction of sp³-hybridized carbons (Fsp3) is 0.273. The first kappa shape index (κ1) is 26.5. The van der Waals surface area contributed by atoms with E-state index in [2.05, 4.69) is 38.2 Å². The van der Waals surface area contributed by atoms with Gasteiger partial charge in [-0.3, -0.25) is 9.59 Å². The lowest BCUT2D eigenvalue weighted by Crippen LogP contribution is -2.42. The number of carboxylic acid groups (broad SMARTS) is 1. The molecule has 0 heterocycles. The number of benzene rings is 4. The largest absolute Gasteiger partial charge is 0.493 e. The summed E-state index contributed by atoms with van der Waals surface area (Å²) in [6, 6.07) is 30.6. The molecular formula is C33H34BNO4. The van der Waals surface area contributed by atoms with Crippen LogP contribution in [0.3, 0.4) is 0 Å². The number of carbonyl (C=O) groups excluding carboxylic acids is 1. The molecule has 0 bridgehead atoms. The van der Waals surface area contributed by atoms with Gasteiger partial charge < -0.3 is 14.7 Å². The van der Waals surface area contributed by atoms with Crippen LogP contribution in [0.15, 0.2) is 91.0 Å². The molecule has 1 saturated carbocycles. The number of unbranched alkanes of at least 4 members (excludes halogenated alkanes) is 2. The summed E-state index contributed by atoms with van der Waals surface area (Å²) in [6.45, 7) is 1.01. The third kappa shape index (κ3) is 6.51. The second-order valence-electron chi connectivity index (χ2n) is 10.7. The topological polar surface area (TPSA) is 66.8 Å². The highest BCUT2D eigenvalue weighted by molar-refractivity contribution is 6.19. The number of aliphatic carboxylic acids is 1. The Morgan fingerprint density at radius 3 is 2.26 bits per heavy atom. The molecule has 0 atom stereocenters. The Labute approximate surface area is 230 Å². The number of ether oxygens (including phenoxy) is 1. The molecule has 5 nitrogen and oxygen atoms in total. The predicted octanol–water partition coefficient (Wildman–Crippen LogP) is 6.30. The highest BCUT2D eigenvalue weighted by Crippen LogP contribution is 2.41. The molecule has 1 fully saturated rings. The number of carboxylic acids is 1. The number of para-hydroxylation sites is 1. The van der Waals surface area contributed by atoms with Crippen LogP contribution in [0, 0.1) is 0 Å². The van der Waals surface area contributed by atoms with E-state index in [4.69, 9.17) is 9.84 Å². The molecule has 0 radical (unpaired) electrons. The fourth-order valence-electron chi connectivity index (χ4n) is 4.97. The Morgan fingerprint density at radius 2 is 1.51 bits per heavy atom. The minimum Gasteiger partial charge on any atom is -0.493 e. The smallest absolute Gasteiger partial charge is 0.303 e. The summed E-state index contributed by atoms with van der Waals surface area (Å²) in [7, 11) is 2.15. The zero-order valence-corrected chi connectivity index (χ0v) is 22.4. The van der Waals surface area contributed by atoms with Crippen LogP contribution in [0.1, 0.15) is 54.4 Å². The highest BCUT2D eigenvalue weighted by Gasteiger charge is 2.45. The lowest BCUT2D eigenvalue weighted by molar-refractivity contribution is -0.137. The number of nitrogens with zero attached hydrogens (tertiary/aromatic N) is 1. The van der Waals surface area contributed by atoms with Crippen molar-refractivity contribution in [1.29, 1.82) is 0 Å². The molecule has 0 unspecified atom stereocenters. The summed E-state index contributed by atoms with van der Waals surface area (Å²) in [6.07, 6.45) is 4.43. The van der Waals surface area contributed by atoms with Crippen LogP contribution >= 0.6 is 0 Å². The van der Waals surface area contributed by atoms with Gasteiger partial charge in [-0.15, -0.1) is 0 Å². The van der Waals surface area contributed by atoms with E-state index in [1.165, 1.54) is 10.8 Å². The number of fused-ring (bicyclic) bond motifs is 1. The van der Waals surface area contributed by atoms with E-state index in [1.807, 2.05) is 65.6 Å². The van der Waals surface area contributed by atoms with Gasteiger partial charge in [0.25, 0.3) is 5.91 Å². The van der Waals surface area contributed by atoms with Crippen molar-refractivity contribution in [2.75, 3.05) is 6.61 Å². The van der Waals surface area contributed by atoms with E-state index < -0.39 is 5.97 Å². The van der Waals surface area contributed by atoms with Gasteiger partial charge in [0.1, 0.15) is 13.6 Å². The van der Waals surface area contributed by atoms with Gasteiger partial charge in [-0.05, 0) is 78.3 Å². The molecule has 5 rings (SSSR count). The first-order valence-corrected chi connectivity index (χ1v) is 13.8. The first-order chi connectivity index (χ1) is 18.9. The summed E-state index contributed by atoms with van der Waals surface area (Å²) < 4.78 is 6.07. The summed E-state index contributed by atoms with van der Waals surface area (Å²) in [5.74, 6) is 0.0518. The Kier molecular flexibility index (Phi) is 8.01. The molecule has 0 spiro atoms. The Hall–Kier alpha value is -4.06. The van der Waals surface area contributed by atoms with Gasteiger partial charge >= 0.3 is 5.97 Å². The fourth-order valence-corrected chi connectivity index (χ4v) is 4.97. The second-order valence-corrected chi connectivity index (χ2v) is 10.7. The van der Waals surface area contributed by atoms with E-state index in [0.29, 0.717) is 25.1 Å². The number of rotatable bonds is 12. The summed E-state index contributed by atoms with van der Waals surface area (Å²) in [4.78, 5) is 26.5. The van der Waals surface area contributed by atoms with Crippen molar-refractivity contribution >= 4 is 30.5 Å². The summed E-state index contributed by atoms with van der Waals surface area (Å²) in [5, 5.41) is 11.2. The maximum Gasteiger partial charge on any atom is 0.303 e. The molecule has 1 amide bonds. The lowest BCUT2D eigenvalue weighted by Gasteiger charge is -2.30. The van der Waals surface area contributed by atoms with Gasteiger partial charge in [-0.25, -0.2) is 0 Å². The van der Waals surface area contributed by atoms with Gasteiger partial charge in [-0.1, -0.05) is 66.7 Å². The van der Waals surface area contributed by atoms with Crippen LogP contribution in [0.25, 0.3) is 21.9 Å². The number of carbonyl (C=O) groups is 2. The summed E-state index contributed by atoms with van der Waals surface area (Å²) in [5.41, 5.74) is 3.73. The minimum absolute atomic E-state index is 0.0311. The standard InChI is InChI=1S/C33H34BNO4/c34-33(19-20-33)35(23-29-10-5-6-11-30(29)39-21-7-1-2-12-31(36)37)32(38)26-16-13-25(14-17-26)28-18-15-24-8-3-4-9-27(24)22-28/h3-6,8-11,13-18,22H,1-2,7,12,19-21,23,34H2,(H,36,37). The molecule has 4 aromatic carbocycles. The van der Waals surface area contributed by atoms with Crippen molar-refractivity contribution in [3.05, 3.63) is 102 Å². The second kappa shape index (κ2) is 11.8. The molecule has 0 aliphatic heterocycles. The molecule has 1 N–H and O–H groups in total. The Morgan fingerprint density at radius 1 is 0.821 bits per heavy atom. The molecule has 198 valence electrons. The third-order valence-electron chi connectivity index (χ3n) is 7.68. The number of amides is 1. The Bertz CT molecular complexity index is 1460. The van der Waals surface area contributed by atoms with Crippen molar-refractivity contribution < 1.29 is 19.4 Å². The predicted molar refractivity (Wildman–Crippen MR) is 158 cm³/mol. The molecular weight excluding hydrogens is 485 g/mol. The minimum atomic E-state index is -0.761. The van der Waals surface area contributed by atoms with Crippen molar-refractivity contribution in [2.45, 2.75) is 50.5 Å². The van der Waals surface area contributed by atoms with Crippen LogP contribution in [-0.2, 0) is 11.3 Å². The summed E-state index contributed by atoms with van der Waals surface area (Å²) >= 11 is 0. The maximum absolute atomic E-state index is 13.8. The van der Waals surface area contributed by atoms with Crippen molar-refractivity contribution in [2.24, 2.45) is 0 Å². The van der Waals surface area contributed by atoms with Crippen molar-refractivity contribution in [3.63, 3.8) is 0 Å². The lowest BCUT2D eigenvalue weighted by atomic mass is 9.89.